The van der Waals surface area contributed by atoms with Crippen LogP contribution in [0.1, 0.15) is 52.0 Å². The van der Waals surface area contributed by atoms with Crippen LogP contribution in [0.4, 0.5) is 0 Å². The van der Waals surface area contributed by atoms with Crippen LogP contribution in [0.25, 0.3) is 10.9 Å². The van der Waals surface area contributed by atoms with E-state index in [1.165, 1.54) is 5.56 Å². The number of carbonyl (C=O) groups is 1. The number of hydrogen-bond acceptors (Lipinski definition) is 4. The average Bonchev–Trinajstić information content (AvgIpc) is 3.31. The SMILES string of the molecule is Cc1c(C(=O)N2CCC[C@@H]2c2ncc3c(n2)CCN(C)C3)c2ccccc2n1C. The van der Waals surface area contributed by atoms with Crippen molar-refractivity contribution in [3.05, 3.63) is 58.8 Å². The third-order valence-electron chi connectivity index (χ3n) is 6.57. The summed E-state index contributed by atoms with van der Waals surface area (Å²) >= 11 is 0. The minimum atomic E-state index is -0.0363. The zero-order valence-electron chi connectivity index (χ0n) is 17.4. The molecule has 0 saturated carbocycles. The third-order valence-corrected chi connectivity index (χ3v) is 6.57. The van der Waals surface area contributed by atoms with E-state index in [0.717, 1.165) is 72.6 Å². The molecule has 1 fully saturated rings. The molecule has 1 saturated heterocycles. The molecule has 0 spiro atoms. The van der Waals surface area contributed by atoms with Gasteiger partial charge in [0.25, 0.3) is 5.91 Å². The number of aromatic nitrogens is 3. The highest BCUT2D eigenvalue weighted by atomic mass is 16.2. The van der Waals surface area contributed by atoms with Crippen LogP contribution in [0, 0.1) is 6.92 Å². The van der Waals surface area contributed by atoms with Gasteiger partial charge in [-0.3, -0.25) is 4.79 Å². The first-order valence-electron chi connectivity index (χ1n) is 10.4. The average molecular weight is 390 g/mol. The molecule has 4 heterocycles. The second-order valence-corrected chi connectivity index (χ2v) is 8.38. The fourth-order valence-corrected chi connectivity index (χ4v) is 4.85. The van der Waals surface area contributed by atoms with Gasteiger partial charge in [0.05, 0.1) is 11.6 Å². The highest BCUT2D eigenvalue weighted by Gasteiger charge is 2.35. The van der Waals surface area contributed by atoms with Gasteiger partial charge >= 0.3 is 0 Å². The van der Waals surface area contributed by atoms with Crippen molar-refractivity contribution in [3.63, 3.8) is 0 Å². The van der Waals surface area contributed by atoms with E-state index < -0.39 is 0 Å². The quantitative estimate of drug-likeness (QED) is 0.675. The van der Waals surface area contributed by atoms with Gasteiger partial charge < -0.3 is 14.4 Å². The van der Waals surface area contributed by atoms with Gasteiger partial charge in [-0.25, -0.2) is 9.97 Å². The van der Waals surface area contributed by atoms with Crippen LogP contribution >= 0.6 is 0 Å². The summed E-state index contributed by atoms with van der Waals surface area (Å²) < 4.78 is 2.11. The van der Waals surface area contributed by atoms with Crippen molar-refractivity contribution in [2.75, 3.05) is 20.1 Å². The van der Waals surface area contributed by atoms with Crippen LogP contribution in [-0.4, -0.2) is 50.4 Å². The summed E-state index contributed by atoms with van der Waals surface area (Å²) in [5, 5.41) is 1.03. The van der Waals surface area contributed by atoms with Crippen LogP contribution in [0.2, 0.25) is 0 Å². The molecule has 29 heavy (non-hydrogen) atoms. The number of fused-ring (bicyclic) bond motifs is 2. The Labute approximate surface area is 171 Å². The van der Waals surface area contributed by atoms with Crippen molar-refractivity contribution in [1.82, 2.24) is 24.3 Å². The van der Waals surface area contributed by atoms with Crippen molar-refractivity contribution in [2.24, 2.45) is 7.05 Å². The van der Waals surface area contributed by atoms with Crippen molar-refractivity contribution >= 4 is 16.8 Å². The van der Waals surface area contributed by atoms with Gasteiger partial charge in [-0.2, -0.15) is 0 Å². The molecule has 0 unspecified atom stereocenters. The van der Waals surface area contributed by atoms with Crippen molar-refractivity contribution in [1.29, 1.82) is 0 Å². The maximum absolute atomic E-state index is 13.7. The number of amides is 1. The van der Waals surface area contributed by atoms with Crippen LogP contribution in [0.15, 0.2) is 30.5 Å². The molecular weight excluding hydrogens is 362 g/mol. The number of nitrogens with zero attached hydrogens (tertiary/aromatic N) is 5. The van der Waals surface area contributed by atoms with Crippen molar-refractivity contribution in [2.45, 2.75) is 38.8 Å². The van der Waals surface area contributed by atoms with Gasteiger partial charge in [0.15, 0.2) is 5.82 Å². The van der Waals surface area contributed by atoms with Gasteiger partial charge in [0, 0.05) is 67.2 Å². The molecule has 0 N–H and O–H groups in total. The minimum absolute atomic E-state index is 0.0363. The standard InChI is InChI=1S/C23H27N5O/c1-15-21(17-7-4-5-8-19(17)27(15)3)23(29)28-11-6-9-20(28)22-24-13-16-14-26(2)12-10-18(16)25-22/h4-5,7-8,13,20H,6,9-12,14H2,1-3H3/t20-/m1/s1. The first-order chi connectivity index (χ1) is 14.0. The van der Waals surface area contributed by atoms with Gasteiger partial charge in [-0.15, -0.1) is 0 Å². The lowest BCUT2D eigenvalue weighted by Crippen LogP contribution is -2.33. The van der Waals surface area contributed by atoms with E-state index in [0.29, 0.717) is 0 Å². The summed E-state index contributed by atoms with van der Waals surface area (Å²) in [6, 6.07) is 8.11. The zero-order chi connectivity index (χ0) is 20.1. The smallest absolute Gasteiger partial charge is 0.256 e. The monoisotopic (exact) mass is 389 g/mol. The fourth-order valence-electron chi connectivity index (χ4n) is 4.85. The molecule has 1 aromatic carbocycles. The maximum atomic E-state index is 13.7. The van der Waals surface area contributed by atoms with Gasteiger partial charge in [-0.05, 0) is 32.9 Å². The molecule has 150 valence electrons. The molecule has 1 amide bonds. The molecule has 0 bridgehead atoms. The topological polar surface area (TPSA) is 54.3 Å². The van der Waals surface area contributed by atoms with Gasteiger partial charge in [0.2, 0.25) is 0 Å². The van der Waals surface area contributed by atoms with Crippen molar-refractivity contribution < 1.29 is 4.79 Å². The second kappa shape index (κ2) is 6.95. The zero-order valence-corrected chi connectivity index (χ0v) is 17.4. The van der Waals surface area contributed by atoms with E-state index >= 15 is 0 Å². The lowest BCUT2D eigenvalue weighted by atomic mass is 10.1. The Balaban J connectivity index is 1.51. The second-order valence-electron chi connectivity index (χ2n) is 8.38. The Morgan fingerprint density at radius 1 is 1.17 bits per heavy atom. The van der Waals surface area contributed by atoms with Crippen LogP contribution in [-0.2, 0) is 20.0 Å². The lowest BCUT2D eigenvalue weighted by molar-refractivity contribution is 0.0730. The molecule has 2 aliphatic rings. The Bertz CT molecular complexity index is 1100. The number of likely N-dealkylation sites (N-methyl/N-ethyl adjacent to an activating group) is 1. The predicted octanol–water partition coefficient (Wildman–Crippen LogP) is 3.24. The minimum Gasteiger partial charge on any atom is -0.347 e. The molecule has 3 aromatic rings. The molecule has 2 aromatic heterocycles. The first kappa shape index (κ1) is 18.3. The molecule has 1 atom stereocenters. The predicted molar refractivity (Wildman–Crippen MR) is 113 cm³/mol. The largest absolute Gasteiger partial charge is 0.347 e. The van der Waals surface area contributed by atoms with E-state index in [4.69, 9.17) is 4.98 Å². The maximum Gasteiger partial charge on any atom is 0.256 e. The van der Waals surface area contributed by atoms with Crippen molar-refractivity contribution in [3.8, 4) is 0 Å². The summed E-state index contributed by atoms with van der Waals surface area (Å²) in [5.41, 5.74) is 5.28. The summed E-state index contributed by atoms with van der Waals surface area (Å²) in [5.74, 6) is 0.903. The number of likely N-dealkylation sites (tertiary alicyclic amines) is 1. The van der Waals surface area contributed by atoms with E-state index in [2.05, 4.69) is 27.6 Å². The first-order valence-corrected chi connectivity index (χ1v) is 10.4. The molecule has 0 radical (unpaired) electrons. The number of carbonyl (C=O) groups excluding carboxylic acids is 1. The molecule has 6 nitrogen and oxygen atoms in total. The number of rotatable bonds is 2. The number of para-hydroxylation sites is 1. The van der Waals surface area contributed by atoms with E-state index in [1.807, 2.05) is 43.3 Å². The van der Waals surface area contributed by atoms with E-state index in [-0.39, 0.29) is 11.9 Å². The summed E-state index contributed by atoms with van der Waals surface area (Å²) in [7, 11) is 4.15. The van der Waals surface area contributed by atoms with Gasteiger partial charge in [-0.1, -0.05) is 18.2 Å². The Morgan fingerprint density at radius 2 is 2.00 bits per heavy atom. The van der Waals surface area contributed by atoms with E-state index in [1.54, 1.807) is 0 Å². The van der Waals surface area contributed by atoms with Gasteiger partial charge in [0.1, 0.15) is 0 Å². The highest BCUT2D eigenvalue weighted by Crippen LogP contribution is 2.35. The van der Waals surface area contributed by atoms with Crippen LogP contribution in [0.5, 0.6) is 0 Å². The Kier molecular flexibility index (Phi) is 4.39. The fraction of sp³-hybridized carbons (Fsp3) is 0.435. The molecular formula is C23H27N5O. The number of benzene rings is 1. The summed E-state index contributed by atoms with van der Waals surface area (Å²) in [6.07, 6.45) is 4.83. The molecule has 6 heteroatoms. The number of aryl methyl sites for hydroxylation is 1. The Hall–Kier alpha value is -2.73. The van der Waals surface area contributed by atoms with Crippen LogP contribution < -0.4 is 0 Å². The van der Waals surface area contributed by atoms with E-state index in [9.17, 15) is 4.79 Å². The molecule has 2 aliphatic heterocycles. The molecule has 0 aliphatic carbocycles. The van der Waals surface area contributed by atoms with Crippen LogP contribution in [0.3, 0.4) is 0 Å². The molecule has 5 rings (SSSR count). The summed E-state index contributed by atoms with van der Waals surface area (Å²) in [4.78, 5) is 27.5. The number of hydrogen-bond donors (Lipinski definition) is 0. The highest BCUT2D eigenvalue weighted by molar-refractivity contribution is 6.08. The normalized spacial score (nSPS) is 19.7. The third kappa shape index (κ3) is 2.94. The Morgan fingerprint density at radius 3 is 2.86 bits per heavy atom. The summed E-state index contributed by atoms with van der Waals surface area (Å²) in [6.45, 7) is 4.71. The lowest BCUT2D eigenvalue weighted by Gasteiger charge is -2.27.